The van der Waals surface area contributed by atoms with Crippen LogP contribution in [0.3, 0.4) is 0 Å². The Morgan fingerprint density at radius 2 is 1.79 bits per heavy atom. The Hall–Kier alpha value is -0.120. The second-order valence-electron chi connectivity index (χ2n) is 5.51. The monoisotopic (exact) mass is 201 g/mol. The Kier molecular flexibility index (Phi) is 3.56. The quantitative estimate of drug-likeness (QED) is 0.705. The fraction of sp³-hybridized carbons (Fsp3) is 1.00. The fourth-order valence-corrected chi connectivity index (χ4v) is 1.54. The minimum absolute atomic E-state index is 0.275. The molecule has 1 rings (SSSR count). The summed E-state index contributed by atoms with van der Waals surface area (Å²) in [6, 6.07) is 0. The second-order valence-corrected chi connectivity index (χ2v) is 5.51. The summed E-state index contributed by atoms with van der Waals surface area (Å²) in [5.74, 6) is 1.42. The van der Waals surface area contributed by atoms with Crippen molar-refractivity contribution in [3.63, 3.8) is 0 Å². The van der Waals surface area contributed by atoms with Crippen molar-refractivity contribution in [3.05, 3.63) is 0 Å². The zero-order valence-electron chi connectivity index (χ0n) is 9.95. The molecule has 0 spiro atoms. The minimum atomic E-state index is -0.731. The van der Waals surface area contributed by atoms with E-state index in [2.05, 4.69) is 13.8 Å². The Bertz CT molecular complexity index is 180. The first kappa shape index (κ1) is 12.0. The summed E-state index contributed by atoms with van der Waals surface area (Å²) in [5.41, 5.74) is -0.275. The van der Waals surface area contributed by atoms with Gasteiger partial charge in [-0.25, -0.2) is 0 Å². The maximum Gasteiger partial charge on any atom is 0.216 e. The number of likely N-dealkylation sites (tertiary alicyclic amines) is 1. The van der Waals surface area contributed by atoms with Crippen LogP contribution < -0.4 is 0 Å². The zero-order valence-corrected chi connectivity index (χ0v) is 9.95. The molecule has 1 unspecified atom stereocenters. The maximum atomic E-state index is 9.71. The molecular formula is C11H23NO2. The molecule has 0 bridgehead atoms. The lowest BCUT2D eigenvalue weighted by Crippen LogP contribution is -2.55. The van der Waals surface area contributed by atoms with E-state index in [1.165, 1.54) is 0 Å². The van der Waals surface area contributed by atoms with Crippen LogP contribution in [-0.4, -0.2) is 35.1 Å². The molecule has 1 aliphatic heterocycles. The average molecular weight is 201 g/mol. The van der Waals surface area contributed by atoms with E-state index in [4.69, 9.17) is 4.74 Å². The van der Waals surface area contributed by atoms with Gasteiger partial charge >= 0.3 is 0 Å². The predicted octanol–water partition coefficient (Wildman–Crippen LogP) is 1.67. The molecule has 1 N–H and O–H groups in total. The van der Waals surface area contributed by atoms with E-state index >= 15 is 0 Å². The van der Waals surface area contributed by atoms with Crippen LogP contribution in [0.5, 0.6) is 0 Å². The van der Waals surface area contributed by atoms with Crippen molar-refractivity contribution in [1.82, 2.24) is 4.90 Å². The van der Waals surface area contributed by atoms with Gasteiger partial charge in [0.15, 0.2) is 0 Å². The maximum absolute atomic E-state index is 9.71. The Morgan fingerprint density at radius 1 is 1.29 bits per heavy atom. The highest BCUT2D eigenvalue weighted by molar-refractivity contribution is 4.81. The molecule has 1 atom stereocenters. The topological polar surface area (TPSA) is 32.7 Å². The van der Waals surface area contributed by atoms with Crippen molar-refractivity contribution < 1.29 is 9.84 Å². The average Bonchev–Trinajstić information content (AvgIpc) is 1.75. The van der Waals surface area contributed by atoms with Gasteiger partial charge in [-0.1, -0.05) is 13.8 Å². The van der Waals surface area contributed by atoms with Crippen molar-refractivity contribution in [2.45, 2.75) is 46.6 Å². The number of hydrogen-bond donors (Lipinski definition) is 1. The number of rotatable bonds is 3. The van der Waals surface area contributed by atoms with Gasteiger partial charge in [-0.05, 0) is 32.6 Å². The normalized spacial score (nSPS) is 22.5. The molecule has 0 aromatic rings. The van der Waals surface area contributed by atoms with E-state index in [0.29, 0.717) is 11.8 Å². The van der Waals surface area contributed by atoms with Gasteiger partial charge in [0.2, 0.25) is 6.41 Å². The third-order valence-corrected chi connectivity index (χ3v) is 2.65. The number of aliphatic hydroxyl groups is 1. The van der Waals surface area contributed by atoms with Gasteiger partial charge < -0.3 is 9.84 Å². The summed E-state index contributed by atoms with van der Waals surface area (Å²) in [6.45, 7) is 12.2. The highest BCUT2D eigenvalue weighted by Gasteiger charge is 2.35. The lowest BCUT2D eigenvalue weighted by Gasteiger charge is -2.45. The van der Waals surface area contributed by atoms with Crippen LogP contribution in [0.2, 0.25) is 0 Å². The number of hydrogen-bond acceptors (Lipinski definition) is 3. The first-order valence-electron chi connectivity index (χ1n) is 5.39. The molecule has 84 valence electrons. The predicted molar refractivity (Wildman–Crippen MR) is 56.7 cm³/mol. The van der Waals surface area contributed by atoms with Gasteiger partial charge in [0.05, 0.1) is 5.60 Å². The van der Waals surface area contributed by atoms with E-state index in [-0.39, 0.29) is 5.60 Å². The lowest BCUT2D eigenvalue weighted by atomic mass is 9.89. The number of ether oxygens (including phenoxy) is 1. The van der Waals surface area contributed by atoms with E-state index in [9.17, 15) is 5.11 Å². The summed E-state index contributed by atoms with van der Waals surface area (Å²) in [7, 11) is 0. The van der Waals surface area contributed by atoms with Crippen molar-refractivity contribution in [2.75, 3.05) is 13.1 Å². The van der Waals surface area contributed by atoms with Gasteiger partial charge in [0, 0.05) is 13.1 Å². The summed E-state index contributed by atoms with van der Waals surface area (Å²) in [4.78, 5) is 1.97. The summed E-state index contributed by atoms with van der Waals surface area (Å²) >= 11 is 0. The molecule has 0 aromatic carbocycles. The second kappa shape index (κ2) is 4.17. The number of nitrogens with zero attached hydrogens (tertiary/aromatic N) is 1. The van der Waals surface area contributed by atoms with Crippen LogP contribution in [-0.2, 0) is 4.74 Å². The van der Waals surface area contributed by atoms with E-state index in [1.807, 2.05) is 25.7 Å². The van der Waals surface area contributed by atoms with E-state index in [0.717, 1.165) is 13.1 Å². The molecule has 1 fully saturated rings. The molecule has 0 aliphatic carbocycles. The van der Waals surface area contributed by atoms with Crippen LogP contribution in [0.15, 0.2) is 0 Å². The Labute approximate surface area is 87.1 Å². The third kappa shape index (κ3) is 3.23. The van der Waals surface area contributed by atoms with Gasteiger partial charge in [-0.3, -0.25) is 4.90 Å². The van der Waals surface area contributed by atoms with Crippen molar-refractivity contribution in [2.24, 2.45) is 11.8 Å². The van der Waals surface area contributed by atoms with Crippen LogP contribution in [0.1, 0.15) is 34.6 Å². The highest BCUT2D eigenvalue weighted by Crippen LogP contribution is 2.26. The SMILES string of the molecule is CC(C)C1CN(C(O)OC(C)(C)C)C1. The largest absolute Gasteiger partial charge is 0.356 e. The standard InChI is InChI=1S/C11H23NO2/c1-8(2)9-6-12(7-9)10(13)14-11(3,4)5/h8-10,13H,6-7H2,1-5H3. The molecule has 0 amide bonds. The first-order chi connectivity index (χ1) is 6.29. The van der Waals surface area contributed by atoms with Crippen molar-refractivity contribution in [1.29, 1.82) is 0 Å². The van der Waals surface area contributed by atoms with E-state index in [1.54, 1.807) is 0 Å². The number of aliphatic hydroxyl groups excluding tert-OH is 1. The van der Waals surface area contributed by atoms with E-state index < -0.39 is 6.41 Å². The molecule has 0 radical (unpaired) electrons. The molecule has 0 saturated carbocycles. The molecule has 3 nitrogen and oxygen atoms in total. The van der Waals surface area contributed by atoms with Gasteiger partial charge in [-0.15, -0.1) is 0 Å². The molecule has 1 saturated heterocycles. The fourth-order valence-electron chi connectivity index (χ4n) is 1.54. The van der Waals surface area contributed by atoms with Gasteiger partial charge in [0.25, 0.3) is 0 Å². The van der Waals surface area contributed by atoms with Crippen LogP contribution in [0.25, 0.3) is 0 Å². The highest BCUT2D eigenvalue weighted by atomic mass is 16.6. The molecule has 1 aliphatic rings. The Morgan fingerprint density at radius 3 is 2.14 bits per heavy atom. The smallest absolute Gasteiger partial charge is 0.216 e. The van der Waals surface area contributed by atoms with Crippen LogP contribution in [0, 0.1) is 11.8 Å². The van der Waals surface area contributed by atoms with Crippen LogP contribution >= 0.6 is 0 Å². The van der Waals surface area contributed by atoms with Crippen molar-refractivity contribution >= 4 is 0 Å². The zero-order chi connectivity index (χ0) is 10.9. The molecular weight excluding hydrogens is 178 g/mol. The molecule has 14 heavy (non-hydrogen) atoms. The minimum Gasteiger partial charge on any atom is -0.356 e. The summed E-state index contributed by atoms with van der Waals surface area (Å²) in [6.07, 6.45) is -0.731. The first-order valence-corrected chi connectivity index (χ1v) is 5.39. The molecule has 3 heteroatoms. The summed E-state index contributed by atoms with van der Waals surface area (Å²) in [5, 5.41) is 9.71. The molecule has 1 heterocycles. The molecule has 0 aromatic heterocycles. The van der Waals surface area contributed by atoms with Crippen molar-refractivity contribution in [3.8, 4) is 0 Å². The van der Waals surface area contributed by atoms with Gasteiger partial charge in [0.1, 0.15) is 0 Å². The Balaban J connectivity index is 2.26. The lowest BCUT2D eigenvalue weighted by molar-refractivity contribution is -0.263. The summed E-state index contributed by atoms with van der Waals surface area (Å²) < 4.78 is 5.45. The third-order valence-electron chi connectivity index (χ3n) is 2.65. The van der Waals surface area contributed by atoms with Gasteiger partial charge in [-0.2, -0.15) is 0 Å². The van der Waals surface area contributed by atoms with Crippen LogP contribution in [0.4, 0.5) is 0 Å².